The Morgan fingerprint density at radius 1 is 1.38 bits per heavy atom. The van der Waals surface area contributed by atoms with E-state index in [4.69, 9.17) is 5.11 Å². The van der Waals surface area contributed by atoms with E-state index in [1.54, 1.807) is 0 Å². The molecule has 0 radical (unpaired) electrons. The van der Waals surface area contributed by atoms with Crippen LogP contribution in [-0.4, -0.2) is 25.7 Å². The van der Waals surface area contributed by atoms with Gasteiger partial charge in [0.2, 0.25) is 0 Å². The zero-order valence-corrected chi connectivity index (χ0v) is 11.4. The van der Waals surface area contributed by atoms with E-state index < -0.39 is 11.2 Å². The van der Waals surface area contributed by atoms with E-state index in [0.29, 0.717) is 0 Å². The SMILES string of the molecule is CC(C)c1nsc(SC(C(=O)O)C(C)C)n1. The van der Waals surface area contributed by atoms with Crippen molar-refractivity contribution < 1.29 is 9.90 Å². The largest absolute Gasteiger partial charge is 0.480 e. The van der Waals surface area contributed by atoms with Crippen molar-refractivity contribution in [2.75, 3.05) is 0 Å². The highest BCUT2D eigenvalue weighted by Crippen LogP contribution is 2.30. The number of hydrogen-bond donors (Lipinski definition) is 1. The minimum atomic E-state index is -0.790. The Balaban J connectivity index is 2.74. The van der Waals surface area contributed by atoms with Crippen molar-refractivity contribution >= 4 is 29.3 Å². The minimum Gasteiger partial charge on any atom is -0.480 e. The van der Waals surface area contributed by atoms with Crippen LogP contribution in [0.25, 0.3) is 0 Å². The third-order valence-corrected chi connectivity index (χ3v) is 4.35. The smallest absolute Gasteiger partial charge is 0.317 e. The van der Waals surface area contributed by atoms with E-state index >= 15 is 0 Å². The number of carboxylic acid groups (broad SMARTS) is 1. The second-order valence-corrected chi connectivity index (χ2v) is 6.33. The quantitative estimate of drug-likeness (QED) is 0.825. The average molecular weight is 260 g/mol. The number of aliphatic carboxylic acids is 1. The van der Waals surface area contributed by atoms with E-state index in [0.717, 1.165) is 10.2 Å². The molecule has 6 heteroatoms. The first-order valence-corrected chi connectivity index (χ1v) is 6.80. The molecule has 1 heterocycles. The summed E-state index contributed by atoms with van der Waals surface area (Å²) in [4.78, 5) is 15.3. The third-order valence-electron chi connectivity index (χ3n) is 2.02. The van der Waals surface area contributed by atoms with Crippen LogP contribution in [0.1, 0.15) is 39.4 Å². The molecule has 1 aromatic heterocycles. The second kappa shape index (κ2) is 5.63. The van der Waals surface area contributed by atoms with Crippen LogP contribution < -0.4 is 0 Å². The monoisotopic (exact) mass is 260 g/mol. The molecule has 4 nitrogen and oxygen atoms in total. The van der Waals surface area contributed by atoms with Gasteiger partial charge in [-0.25, -0.2) is 4.98 Å². The summed E-state index contributed by atoms with van der Waals surface area (Å²) in [5, 5.41) is 8.61. The molecule has 0 aliphatic rings. The predicted molar refractivity (Wildman–Crippen MR) is 66.1 cm³/mol. The zero-order chi connectivity index (χ0) is 12.3. The number of hydrogen-bond acceptors (Lipinski definition) is 5. The molecule has 90 valence electrons. The molecule has 1 unspecified atom stereocenters. The Labute approximate surface area is 104 Å². The molecular weight excluding hydrogens is 244 g/mol. The average Bonchev–Trinajstić information content (AvgIpc) is 2.61. The molecule has 1 N–H and O–H groups in total. The summed E-state index contributed by atoms with van der Waals surface area (Å²) in [6, 6.07) is 0. The van der Waals surface area contributed by atoms with Crippen LogP contribution >= 0.6 is 23.3 Å². The molecule has 1 atom stereocenters. The number of nitrogens with zero attached hydrogens (tertiary/aromatic N) is 2. The first-order valence-electron chi connectivity index (χ1n) is 5.15. The lowest BCUT2D eigenvalue weighted by atomic mass is 10.1. The van der Waals surface area contributed by atoms with Gasteiger partial charge in [0.05, 0.1) is 0 Å². The molecule has 1 aromatic rings. The van der Waals surface area contributed by atoms with Crippen LogP contribution in [0.3, 0.4) is 0 Å². The highest BCUT2D eigenvalue weighted by molar-refractivity contribution is 8.02. The van der Waals surface area contributed by atoms with Gasteiger partial charge in [0.15, 0.2) is 4.34 Å². The van der Waals surface area contributed by atoms with Crippen molar-refractivity contribution in [3.05, 3.63) is 5.82 Å². The summed E-state index contributed by atoms with van der Waals surface area (Å²) in [5.74, 6) is 0.364. The number of carboxylic acids is 1. The zero-order valence-electron chi connectivity index (χ0n) is 9.80. The first-order chi connectivity index (χ1) is 7.41. The molecule has 0 saturated carbocycles. The van der Waals surface area contributed by atoms with Crippen molar-refractivity contribution in [1.82, 2.24) is 9.36 Å². The van der Waals surface area contributed by atoms with Crippen LogP contribution in [0.5, 0.6) is 0 Å². The van der Waals surface area contributed by atoms with Crippen LogP contribution in [0, 0.1) is 5.92 Å². The Hall–Kier alpha value is -0.620. The summed E-state index contributed by atoms with van der Waals surface area (Å²) in [6.45, 7) is 7.84. The lowest BCUT2D eigenvalue weighted by Crippen LogP contribution is -2.22. The number of thioether (sulfide) groups is 1. The van der Waals surface area contributed by atoms with Gasteiger partial charge in [-0.05, 0) is 17.5 Å². The van der Waals surface area contributed by atoms with Gasteiger partial charge in [-0.3, -0.25) is 4.79 Å². The molecule has 1 rings (SSSR count). The molecule has 0 spiro atoms. The maximum atomic E-state index is 11.0. The summed E-state index contributed by atoms with van der Waals surface area (Å²) in [6.07, 6.45) is 0. The number of rotatable bonds is 5. The Morgan fingerprint density at radius 3 is 2.38 bits per heavy atom. The van der Waals surface area contributed by atoms with Crippen LogP contribution in [0.2, 0.25) is 0 Å². The summed E-state index contributed by atoms with van der Waals surface area (Å²) >= 11 is 2.57. The van der Waals surface area contributed by atoms with Crippen LogP contribution in [-0.2, 0) is 4.79 Å². The van der Waals surface area contributed by atoms with Crippen molar-refractivity contribution in [3.63, 3.8) is 0 Å². The number of carbonyl (C=O) groups is 1. The van der Waals surface area contributed by atoms with Crippen LogP contribution in [0.4, 0.5) is 0 Å². The van der Waals surface area contributed by atoms with E-state index in [-0.39, 0.29) is 11.8 Å². The van der Waals surface area contributed by atoms with Gasteiger partial charge in [-0.2, -0.15) is 4.37 Å². The molecule has 0 fully saturated rings. The van der Waals surface area contributed by atoms with Crippen molar-refractivity contribution in [1.29, 1.82) is 0 Å². The topological polar surface area (TPSA) is 63.1 Å². The van der Waals surface area contributed by atoms with Crippen molar-refractivity contribution in [3.8, 4) is 0 Å². The van der Waals surface area contributed by atoms with E-state index in [9.17, 15) is 4.79 Å². The second-order valence-electron chi connectivity index (χ2n) is 4.19. The predicted octanol–water partition coefficient (Wildman–Crippen LogP) is 2.86. The van der Waals surface area contributed by atoms with E-state index in [1.807, 2.05) is 27.7 Å². The fourth-order valence-corrected chi connectivity index (χ4v) is 2.97. The van der Waals surface area contributed by atoms with Gasteiger partial charge in [-0.15, -0.1) is 0 Å². The lowest BCUT2D eigenvalue weighted by Gasteiger charge is -2.13. The molecule has 0 saturated heterocycles. The molecule has 0 bridgehead atoms. The summed E-state index contributed by atoms with van der Waals surface area (Å²) in [5.41, 5.74) is 0. The fraction of sp³-hybridized carbons (Fsp3) is 0.700. The molecule has 16 heavy (non-hydrogen) atoms. The highest BCUT2D eigenvalue weighted by atomic mass is 32.2. The van der Waals surface area contributed by atoms with Crippen molar-refractivity contribution in [2.45, 2.75) is 43.2 Å². The van der Waals surface area contributed by atoms with Crippen LogP contribution in [0.15, 0.2) is 4.34 Å². The first kappa shape index (κ1) is 13.4. The molecule has 0 amide bonds. The maximum absolute atomic E-state index is 11.0. The molecule has 0 aliphatic heterocycles. The molecule has 0 aromatic carbocycles. The Kier molecular flexibility index (Phi) is 4.73. The van der Waals surface area contributed by atoms with Gasteiger partial charge in [0.25, 0.3) is 0 Å². The van der Waals surface area contributed by atoms with Gasteiger partial charge >= 0.3 is 5.97 Å². The summed E-state index contributed by atoms with van der Waals surface area (Å²) < 4.78 is 4.94. The van der Waals surface area contributed by atoms with E-state index in [2.05, 4.69) is 9.36 Å². The number of aromatic nitrogens is 2. The van der Waals surface area contributed by atoms with Crippen molar-refractivity contribution in [2.24, 2.45) is 5.92 Å². The molecular formula is C10H16N2O2S2. The summed E-state index contributed by atoms with van der Waals surface area (Å²) in [7, 11) is 0. The normalized spacial score (nSPS) is 13.4. The van der Waals surface area contributed by atoms with Gasteiger partial charge in [-0.1, -0.05) is 39.5 Å². The van der Waals surface area contributed by atoms with Gasteiger partial charge < -0.3 is 5.11 Å². The fourth-order valence-electron chi connectivity index (χ4n) is 1.08. The Bertz CT molecular complexity index is 363. The van der Waals surface area contributed by atoms with Gasteiger partial charge in [0, 0.05) is 5.92 Å². The van der Waals surface area contributed by atoms with E-state index in [1.165, 1.54) is 23.3 Å². The van der Waals surface area contributed by atoms with Gasteiger partial charge in [0.1, 0.15) is 11.1 Å². The standard InChI is InChI=1S/C10H16N2O2S2/c1-5(2)7(9(13)14)15-10-11-8(6(3)4)12-16-10/h5-7H,1-4H3,(H,13,14). The minimum absolute atomic E-state index is 0.0777. The molecule has 0 aliphatic carbocycles. The lowest BCUT2D eigenvalue weighted by molar-refractivity contribution is -0.137. The third kappa shape index (κ3) is 3.45. The Morgan fingerprint density at radius 2 is 2.00 bits per heavy atom. The maximum Gasteiger partial charge on any atom is 0.317 e. The highest BCUT2D eigenvalue weighted by Gasteiger charge is 2.24.